The van der Waals surface area contributed by atoms with Crippen molar-refractivity contribution in [1.82, 2.24) is 20.9 Å². The first-order valence-electron chi connectivity index (χ1n) is 18.9. The molecule has 1 aliphatic rings. The van der Waals surface area contributed by atoms with E-state index in [9.17, 15) is 33.6 Å². The molecule has 1 aliphatic heterocycles. The highest BCUT2D eigenvalue weighted by Crippen LogP contribution is 2.18. The summed E-state index contributed by atoms with van der Waals surface area (Å²) in [6.07, 6.45) is 1.01. The summed E-state index contributed by atoms with van der Waals surface area (Å²) in [5, 5.41) is 10.7. The normalized spacial score (nSPS) is 14.0. The quantitative estimate of drug-likeness (QED) is 0.0483. The second kappa shape index (κ2) is 25.5. The largest absolute Gasteiger partial charge is 0.460 e. The second-order valence-electron chi connectivity index (χ2n) is 14.4. The Kier molecular flexibility index (Phi) is 21.6. The van der Waals surface area contributed by atoms with Crippen molar-refractivity contribution in [2.75, 3.05) is 71.3 Å². The van der Waals surface area contributed by atoms with E-state index >= 15 is 0 Å². The zero-order valence-electron chi connectivity index (χ0n) is 33.3. The van der Waals surface area contributed by atoms with Gasteiger partial charge in [-0.15, -0.1) is 0 Å². The zero-order chi connectivity index (χ0) is 41.5. The SMILES string of the molecule is CC(C)C(NC(=O)CCOCCOCCOCCOCCN1C(=O)CCC1=O)C(=O)N[C@@H](CCCNC(N)=O)C(=O)Nc1ccc(COC(=O)C(C)(C)C)cc1. The average molecular weight is 793 g/mol. The van der Waals surface area contributed by atoms with Gasteiger partial charge in [0, 0.05) is 31.5 Å². The molecule has 2 rings (SSSR count). The highest BCUT2D eigenvalue weighted by molar-refractivity contribution is 6.02. The van der Waals surface area contributed by atoms with Gasteiger partial charge in [0.15, 0.2) is 0 Å². The number of nitrogens with two attached hydrogens (primary N) is 1. The van der Waals surface area contributed by atoms with Crippen LogP contribution >= 0.6 is 0 Å². The molecular weight excluding hydrogens is 732 g/mol. The van der Waals surface area contributed by atoms with Gasteiger partial charge in [-0.2, -0.15) is 0 Å². The Morgan fingerprint density at radius 3 is 1.88 bits per heavy atom. The van der Waals surface area contributed by atoms with Crippen LogP contribution in [0.5, 0.6) is 0 Å². The summed E-state index contributed by atoms with van der Waals surface area (Å²) >= 11 is 0. The van der Waals surface area contributed by atoms with E-state index in [4.69, 9.17) is 29.4 Å². The highest BCUT2D eigenvalue weighted by atomic mass is 16.6. The summed E-state index contributed by atoms with van der Waals surface area (Å²) in [5.74, 6) is -2.45. The van der Waals surface area contributed by atoms with E-state index in [0.717, 1.165) is 5.56 Å². The summed E-state index contributed by atoms with van der Waals surface area (Å²) in [6, 6.07) is 4.07. The van der Waals surface area contributed by atoms with Gasteiger partial charge in [0.05, 0.1) is 64.8 Å². The average Bonchev–Trinajstić information content (AvgIpc) is 3.46. The number of urea groups is 1. The number of hydrogen-bond acceptors (Lipinski definition) is 12. The number of anilines is 1. The van der Waals surface area contributed by atoms with Gasteiger partial charge in [-0.3, -0.25) is 33.7 Å². The maximum Gasteiger partial charge on any atom is 0.312 e. The van der Waals surface area contributed by atoms with Gasteiger partial charge in [-0.05, 0) is 57.2 Å². The molecule has 1 unspecified atom stereocenters. The molecule has 0 saturated carbocycles. The Bertz CT molecular complexity index is 1420. The van der Waals surface area contributed by atoms with Gasteiger partial charge >= 0.3 is 12.0 Å². The van der Waals surface area contributed by atoms with E-state index in [1.807, 2.05) is 0 Å². The number of carbonyl (C=O) groups excluding carboxylic acids is 7. The van der Waals surface area contributed by atoms with Gasteiger partial charge in [0.25, 0.3) is 0 Å². The summed E-state index contributed by atoms with van der Waals surface area (Å²) in [7, 11) is 0. The predicted molar refractivity (Wildman–Crippen MR) is 204 cm³/mol. The number of carbonyl (C=O) groups is 7. The van der Waals surface area contributed by atoms with E-state index in [-0.39, 0.29) is 95.5 Å². The molecule has 18 nitrogen and oxygen atoms in total. The number of likely N-dealkylation sites (tertiary alicyclic amines) is 1. The van der Waals surface area contributed by atoms with E-state index in [2.05, 4.69) is 21.3 Å². The number of nitrogens with zero attached hydrogens (tertiary/aromatic N) is 1. The first-order valence-corrected chi connectivity index (χ1v) is 18.9. The van der Waals surface area contributed by atoms with E-state index in [0.29, 0.717) is 38.5 Å². The van der Waals surface area contributed by atoms with E-state index in [1.165, 1.54) is 4.90 Å². The van der Waals surface area contributed by atoms with Crippen LogP contribution in [0.1, 0.15) is 72.3 Å². The van der Waals surface area contributed by atoms with Crippen molar-refractivity contribution < 1.29 is 57.2 Å². The number of ether oxygens (including phenoxy) is 5. The molecule has 6 N–H and O–H groups in total. The van der Waals surface area contributed by atoms with Crippen LogP contribution in [-0.2, 0) is 59.1 Å². The minimum absolute atomic E-state index is 0.00616. The molecule has 18 heteroatoms. The molecular formula is C38H60N6O12. The molecule has 0 aliphatic carbocycles. The Hall–Kier alpha value is -4.65. The van der Waals surface area contributed by atoms with Crippen LogP contribution in [0, 0.1) is 11.3 Å². The van der Waals surface area contributed by atoms with Gasteiger partial charge < -0.3 is 50.7 Å². The van der Waals surface area contributed by atoms with Crippen LogP contribution < -0.4 is 27.0 Å². The third-order valence-electron chi connectivity index (χ3n) is 8.27. The summed E-state index contributed by atoms with van der Waals surface area (Å²) in [4.78, 5) is 87.1. The van der Waals surface area contributed by atoms with E-state index < -0.39 is 41.3 Å². The Morgan fingerprint density at radius 2 is 1.34 bits per heavy atom. The third kappa shape index (κ3) is 19.3. The standard InChI is InChI=1S/C38H60N6O12/c1-26(2)33(43-30(45)14-17-52-19-21-54-23-24-55-22-20-53-18-16-44-31(46)12-13-32(44)47)35(49)42-29(7-6-15-40-37(39)51)34(48)41-28-10-8-27(9-11-28)25-56-36(50)38(3,4)5/h8-11,26,29,33H,6-7,12-25H2,1-5H3,(H,41,48)(H,42,49)(H,43,45)(H3,39,40,51)/t29-,33?/m0/s1. The lowest BCUT2D eigenvalue weighted by atomic mass is 9.97. The summed E-state index contributed by atoms with van der Waals surface area (Å²) < 4.78 is 27.1. The van der Waals surface area contributed by atoms with Crippen molar-refractivity contribution in [1.29, 1.82) is 0 Å². The fourth-order valence-corrected chi connectivity index (χ4v) is 5.06. The third-order valence-corrected chi connectivity index (χ3v) is 8.27. The summed E-state index contributed by atoms with van der Waals surface area (Å²) in [5.41, 5.74) is 5.70. The lowest BCUT2D eigenvalue weighted by Crippen LogP contribution is -2.54. The van der Waals surface area contributed by atoms with Crippen molar-refractivity contribution in [2.45, 2.75) is 85.4 Å². The fraction of sp³-hybridized carbons (Fsp3) is 0.658. The van der Waals surface area contributed by atoms with Crippen LogP contribution in [0.15, 0.2) is 24.3 Å². The lowest BCUT2D eigenvalue weighted by molar-refractivity contribution is -0.154. The highest BCUT2D eigenvalue weighted by Gasteiger charge is 2.30. The fourth-order valence-electron chi connectivity index (χ4n) is 5.06. The smallest absolute Gasteiger partial charge is 0.312 e. The summed E-state index contributed by atoms with van der Waals surface area (Å²) in [6.45, 7) is 11.5. The minimum Gasteiger partial charge on any atom is -0.460 e. The molecule has 0 radical (unpaired) electrons. The molecule has 1 aromatic carbocycles. The number of primary amides is 1. The van der Waals surface area contributed by atoms with E-state index in [1.54, 1.807) is 58.9 Å². The van der Waals surface area contributed by atoms with Crippen molar-refractivity contribution in [3.8, 4) is 0 Å². The Morgan fingerprint density at radius 1 is 0.786 bits per heavy atom. The molecule has 1 saturated heterocycles. The number of rotatable bonds is 27. The molecule has 1 aromatic rings. The van der Waals surface area contributed by atoms with Crippen LogP contribution in [0.2, 0.25) is 0 Å². The Balaban J connectivity index is 1.71. The molecule has 56 heavy (non-hydrogen) atoms. The topological polar surface area (TPSA) is 243 Å². The van der Waals surface area contributed by atoms with Crippen LogP contribution in [0.3, 0.4) is 0 Å². The maximum absolute atomic E-state index is 13.4. The molecule has 1 heterocycles. The van der Waals surface area contributed by atoms with Crippen molar-refractivity contribution >= 4 is 47.2 Å². The number of amides is 7. The maximum atomic E-state index is 13.4. The molecule has 2 atom stereocenters. The molecule has 0 bridgehead atoms. The van der Waals surface area contributed by atoms with Crippen molar-refractivity contribution in [3.63, 3.8) is 0 Å². The minimum atomic E-state index is -1.00. The monoisotopic (exact) mass is 792 g/mol. The van der Waals surface area contributed by atoms with Gasteiger partial charge in [0.1, 0.15) is 18.7 Å². The van der Waals surface area contributed by atoms with Crippen molar-refractivity contribution in [2.24, 2.45) is 17.1 Å². The lowest BCUT2D eigenvalue weighted by Gasteiger charge is -2.25. The number of benzene rings is 1. The predicted octanol–water partition coefficient (Wildman–Crippen LogP) is 1.39. The molecule has 7 amide bonds. The number of esters is 1. The van der Waals surface area contributed by atoms with Crippen LogP contribution in [0.4, 0.5) is 10.5 Å². The first kappa shape index (κ1) is 47.5. The number of nitrogens with one attached hydrogen (secondary N) is 4. The van der Waals surface area contributed by atoms with Gasteiger partial charge in [-0.25, -0.2) is 4.79 Å². The van der Waals surface area contributed by atoms with Gasteiger partial charge in [0.2, 0.25) is 29.5 Å². The molecule has 0 spiro atoms. The molecule has 314 valence electrons. The first-order chi connectivity index (χ1) is 26.6. The van der Waals surface area contributed by atoms with Crippen LogP contribution in [0.25, 0.3) is 0 Å². The Labute approximate surface area is 328 Å². The molecule has 0 aromatic heterocycles. The van der Waals surface area contributed by atoms with Crippen LogP contribution in [-0.4, -0.2) is 124 Å². The second-order valence-corrected chi connectivity index (χ2v) is 14.4. The van der Waals surface area contributed by atoms with Gasteiger partial charge in [-0.1, -0.05) is 26.0 Å². The van der Waals surface area contributed by atoms with Crippen molar-refractivity contribution in [3.05, 3.63) is 29.8 Å². The number of imide groups is 1. The zero-order valence-corrected chi connectivity index (χ0v) is 33.3. The number of hydrogen-bond donors (Lipinski definition) is 5. The molecule has 1 fully saturated rings.